The lowest BCUT2D eigenvalue weighted by Crippen LogP contribution is -2.33. The summed E-state index contributed by atoms with van der Waals surface area (Å²) in [6, 6.07) is 51.5. The average molecular weight is 658 g/mol. The lowest BCUT2D eigenvalue weighted by atomic mass is 9.94. The van der Waals surface area contributed by atoms with Crippen LogP contribution in [0.2, 0.25) is 0 Å². The molecule has 1 aliphatic rings. The van der Waals surface area contributed by atoms with Crippen LogP contribution in [0.5, 0.6) is 0 Å². The maximum absolute atomic E-state index is 6.58. The number of nitrogens with zero attached hydrogens (tertiary/aromatic N) is 2. The molecule has 51 heavy (non-hydrogen) atoms. The Morgan fingerprint density at radius 1 is 0.431 bits per heavy atom. The van der Waals surface area contributed by atoms with Crippen LogP contribution < -0.4 is 5.32 Å². The SMILES string of the molecule is c1ccc(C2N=C(c3ccc4c(c3)oc3ccccc34)N=C(c3cccc4oc5cccc(-c6cccc7oc8ccccc8c67)c5c34)N2)cc1. The molecule has 0 aliphatic carbocycles. The highest BCUT2D eigenvalue weighted by atomic mass is 16.3. The number of rotatable bonds is 4. The first-order valence-electron chi connectivity index (χ1n) is 17.0. The summed E-state index contributed by atoms with van der Waals surface area (Å²) >= 11 is 0. The molecule has 7 aromatic carbocycles. The number of para-hydroxylation sites is 2. The van der Waals surface area contributed by atoms with Gasteiger partial charge in [-0.15, -0.1) is 0 Å². The van der Waals surface area contributed by atoms with Gasteiger partial charge in [-0.3, -0.25) is 0 Å². The van der Waals surface area contributed by atoms with Gasteiger partial charge in [0.2, 0.25) is 0 Å². The standard InChI is InChI=1S/C45H27N3O3/c1-2-11-26(12-3-1)43-46-44(27-23-24-29-28-13-4-6-18-34(28)50-39(29)25-27)48-45(47-43)33-17-10-22-38-42(33)41-31(16-9-21-37(41)51-38)30-15-8-20-36-40(30)32-14-5-7-19-35(32)49-36/h1-25,43H,(H,46,47,48). The molecule has 6 nitrogen and oxygen atoms in total. The van der Waals surface area contributed by atoms with Gasteiger partial charge in [0.05, 0.1) is 0 Å². The van der Waals surface area contributed by atoms with E-state index in [1.165, 1.54) is 0 Å². The highest BCUT2D eigenvalue weighted by molar-refractivity contribution is 6.26. The average Bonchev–Trinajstić information content (AvgIpc) is 3.89. The molecule has 0 saturated heterocycles. The van der Waals surface area contributed by atoms with Crippen molar-refractivity contribution in [3.8, 4) is 11.1 Å². The normalized spacial score (nSPS) is 14.9. The van der Waals surface area contributed by atoms with Gasteiger partial charge in [-0.25, -0.2) is 9.98 Å². The second kappa shape index (κ2) is 10.8. The highest BCUT2D eigenvalue weighted by Crippen LogP contribution is 2.43. The van der Waals surface area contributed by atoms with Gasteiger partial charge in [0.1, 0.15) is 45.5 Å². The van der Waals surface area contributed by atoms with E-state index >= 15 is 0 Å². The van der Waals surface area contributed by atoms with Crippen LogP contribution >= 0.6 is 0 Å². The van der Waals surface area contributed by atoms with Crippen LogP contribution in [-0.4, -0.2) is 11.7 Å². The van der Waals surface area contributed by atoms with Crippen LogP contribution in [0.1, 0.15) is 22.9 Å². The Balaban J connectivity index is 1.14. The van der Waals surface area contributed by atoms with Gasteiger partial charge in [0.25, 0.3) is 0 Å². The fourth-order valence-corrected chi connectivity index (χ4v) is 7.67. The van der Waals surface area contributed by atoms with Crippen molar-refractivity contribution in [3.05, 3.63) is 168 Å². The van der Waals surface area contributed by atoms with E-state index in [1.807, 2.05) is 78.9 Å². The number of amidine groups is 2. The molecule has 1 N–H and O–H groups in total. The molecular formula is C45H27N3O3. The first kappa shape index (κ1) is 28.0. The Labute approximate surface area is 291 Å². The van der Waals surface area contributed by atoms with Crippen molar-refractivity contribution in [2.75, 3.05) is 0 Å². The van der Waals surface area contributed by atoms with Crippen LogP contribution in [0.4, 0.5) is 0 Å². The smallest absolute Gasteiger partial charge is 0.159 e. The van der Waals surface area contributed by atoms with Gasteiger partial charge in [0, 0.05) is 43.4 Å². The Hall–Kier alpha value is -6.92. The predicted molar refractivity (Wildman–Crippen MR) is 206 cm³/mol. The van der Waals surface area contributed by atoms with E-state index in [2.05, 4.69) is 78.1 Å². The number of hydrogen-bond donors (Lipinski definition) is 1. The first-order chi connectivity index (χ1) is 25.3. The van der Waals surface area contributed by atoms with Crippen molar-refractivity contribution in [3.63, 3.8) is 0 Å². The second-order valence-corrected chi connectivity index (χ2v) is 12.9. The molecular weight excluding hydrogens is 631 g/mol. The zero-order valence-electron chi connectivity index (χ0n) is 27.1. The Bertz CT molecular complexity index is 3070. The zero-order chi connectivity index (χ0) is 33.5. The van der Waals surface area contributed by atoms with Gasteiger partial charge in [-0.2, -0.15) is 0 Å². The van der Waals surface area contributed by atoms with Gasteiger partial charge in [-0.05, 0) is 59.2 Å². The minimum Gasteiger partial charge on any atom is -0.456 e. The third-order valence-corrected chi connectivity index (χ3v) is 9.96. The van der Waals surface area contributed by atoms with Crippen molar-refractivity contribution in [2.45, 2.75) is 6.17 Å². The van der Waals surface area contributed by atoms with Crippen molar-refractivity contribution in [2.24, 2.45) is 9.98 Å². The Morgan fingerprint density at radius 2 is 0.980 bits per heavy atom. The van der Waals surface area contributed by atoms with Crippen LogP contribution in [0.25, 0.3) is 76.9 Å². The van der Waals surface area contributed by atoms with Gasteiger partial charge in [0.15, 0.2) is 5.84 Å². The molecule has 1 aliphatic heterocycles. The monoisotopic (exact) mass is 657 g/mol. The summed E-state index contributed by atoms with van der Waals surface area (Å²) in [6.45, 7) is 0. The molecule has 3 aromatic heterocycles. The van der Waals surface area contributed by atoms with Crippen molar-refractivity contribution >= 4 is 77.5 Å². The number of aliphatic imine (C=N–C) groups is 2. The Kier molecular flexibility index (Phi) is 5.92. The third-order valence-electron chi connectivity index (χ3n) is 9.96. The van der Waals surface area contributed by atoms with E-state index < -0.39 is 0 Å². The first-order valence-corrected chi connectivity index (χ1v) is 17.0. The van der Waals surface area contributed by atoms with Crippen molar-refractivity contribution in [1.29, 1.82) is 0 Å². The van der Waals surface area contributed by atoms with Gasteiger partial charge in [-0.1, -0.05) is 109 Å². The number of benzene rings is 7. The lowest BCUT2D eigenvalue weighted by Gasteiger charge is -2.24. The molecule has 0 spiro atoms. The van der Waals surface area contributed by atoms with E-state index in [-0.39, 0.29) is 6.17 Å². The molecule has 6 heteroatoms. The molecule has 10 aromatic rings. The molecule has 0 saturated carbocycles. The van der Waals surface area contributed by atoms with E-state index in [9.17, 15) is 0 Å². The fourth-order valence-electron chi connectivity index (χ4n) is 7.67. The van der Waals surface area contributed by atoms with Crippen LogP contribution in [0, 0.1) is 0 Å². The molecule has 11 rings (SSSR count). The molecule has 4 heterocycles. The summed E-state index contributed by atoms with van der Waals surface area (Å²) in [4.78, 5) is 10.4. The summed E-state index contributed by atoms with van der Waals surface area (Å²) in [6.07, 6.45) is -0.362. The van der Waals surface area contributed by atoms with Crippen LogP contribution in [0.3, 0.4) is 0 Å². The fraction of sp³-hybridized carbons (Fsp3) is 0.0222. The molecule has 0 fully saturated rings. The second-order valence-electron chi connectivity index (χ2n) is 12.9. The van der Waals surface area contributed by atoms with Crippen LogP contribution in [0.15, 0.2) is 175 Å². The maximum Gasteiger partial charge on any atom is 0.159 e. The van der Waals surface area contributed by atoms with E-state index in [0.29, 0.717) is 11.7 Å². The molecule has 1 unspecified atom stereocenters. The lowest BCUT2D eigenvalue weighted by molar-refractivity contribution is 0.667. The van der Waals surface area contributed by atoms with Crippen LogP contribution in [-0.2, 0) is 0 Å². The summed E-state index contributed by atoms with van der Waals surface area (Å²) in [7, 11) is 0. The minimum absolute atomic E-state index is 0.362. The summed E-state index contributed by atoms with van der Waals surface area (Å²) in [5, 5.41) is 10.0. The topological polar surface area (TPSA) is 76.2 Å². The highest BCUT2D eigenvalue weighted by Gasteiger charge is 2.26. The summed E-state index contributed by atoms with van der Waals surface area (Å²) in [5.41, 5.74) is 9.97. The molecule has 0 bridgehead atoms. The molecule has 1 atom stereocenters. The zero-order valence-corrected chi connectivity index (χ0v) is 27.1. The quantitative estimate of drug-likeness (QED) is 0.204. The molecule has 240 valence electrons. The van der Waals surface area contributed by atoms with Gasteiger partial charge < -0.3 is 18.6 Å². The van der Waals surface area contributed by atoms with Crippen molar-refractivity contribution < 1.29 is 13.3 Å². The Morgan fingerprint density at radius 3 is 1.76 bits per heavy atom. The predicted octanol–water partition coefficient (Wildman–Crippen LogP) is 11.5. The molecule has 0 amide bonds. The number of furan rings is 3. The van der Waals surface area contributed by atoms with Crippen molar-refractivity contribution in [1.82, 2.24) is 5.32 Å². The largest absolute Gasteiger partial charge is 0.456 e. The van der Waals surface area contributed by atoms with Gasteiger partial charge >= 0.3 is 0 Å². The van der Waals surface area contributed by atoms with E-state index in [4.69, 9.17) is 23.2 Å². The minimum atomic E-state index is -0.362. The number of fused-ring (bicyclic) bond motifs is 9. The number of hydrogen-bond acceptors (Lipinski definition) is 6. The molecule has 0 radical (unpaired) electrons. The maximum atomic E-state index is 6.58. The number of nitrogens with one attached hydrogen (secondary N) is 1. The van der Waals surface area contributed by atoms with E-state index in [1.54, 1.807) is 0 Å². The van der Waals surface area contributed by atoms with E-state index in [0.717, 1.165) is 93.6 Å². The third kappa shape index (κ3) is 4.30. The summed E-state index contributed by atoms with van der Waals surface area (Å²) in [5.74, 6) is 1.34. The summed E-state index contributed by atoms with van der Waals surface area (Å²) < 4.78 is 19.1.